The summed E-state index contributed by atoms with van der Waals surface area (Å²) in [5.74, 6) is 0.719. The fourth-order valence-electron chi connectivity index (χ4n) is 3.30. The number of aromatic nitrogens is 3. The second-order valence-corrected chi connectivity index (χ2v) is 9.93. The molecule has 1 saturated heterocycles. The molecule has 30 heavy (non-hydrogen) atoms. The Labute approximate surface area is 189 Å². The van der Waals surface area contributed by atoms with E-state index in [9.17, 15) is 4.79 Å². The summed E-state index contributed by atoms with van der Waals surface area (Å²) in [6.07, 6.45) is 2.25. The van der Waals surface area contributed by atoms with Crippen molar-refractivity contribution in [3.05, 3.63) is 46.3 Å². The van der Waals surface area contributed by atoms with Gasteiger partial charge in [0.15, 0.2) is 11.0 Å². The largest absolute Gasteiger partial charge is 0.376 e. The summed E-state index contributed by atoms with van der Waals surface area (Å²) in [7, 11) is 0. The second kappa shape index (κ2) is 9.51. The number of thioether (sulfide) groups is 1. The molecule has 6 nitrogen and oxygen atoms in total. The quantitative estimate of drug-likeness (QED) is 0.484. The fourth-order valence-corrected chi connectivity index (χ4v) is 5.04. The number of hydrogen-bond acceptors (Lipinski definition) is 6. The first-order chi connectivity index (χ1) is 14.5. The Hall–Kier alpha value is -1.87. The van der Waals surface area contributed by atoms with Crippen molar-refractivity contribution in [3.63, 3.8) is 0 Å². The van der Waals surface area contributed by atoms with Gasteiger partial charge in [-0.15, -0.1) is 21.5 Å². The molecular weight excluding hydrogens is 440 g/mol. The van der Waals surface area contributed by atoms with E-state index in [4.69, 9.17) is 16.3 Å². The molecule has 2 aromatic heterocycles. The Kier molecular flexibility index (Phi) is 6.77. The van der Waals surface area contributed by atoms with Gasteiger partial charge < -0.3 is 10.1 Å². The highest BCUT2D eigenvalue weighted by molar-refractivity contribution is 8.00. The van der Waals surface area contributed by atoms with Gasteiger partial charge in [0.25, 0.3) is 0 Å². The summed E-state index contributed by atoms with van der Waals surface area (Å²) in [5.41, 5.74) is 1.69. The molecule has 1 fully saturated rings. The average molecular weight is 463 g/mol. The first-order valence-electron chi connectivity index (χ1n) is 9.83. The van der Waals surface area contributed by atoms with E-state index in [-0.39, 0.29) is 17.3 Å². The first kappa shape index (κ1) is 21.4. The third-order valence-corrected chi connectivity index (χ3v) is 7.16. The van der Waals surface area contributed by atoms with Gasteiger partial charge in [-0.2, -0.15) is 0 Å². The SMILES string of the molecule is Cc1ccc(Cl)cc1NC(=O)C(C)Sc1nnc(-c2cccs2)n1CC1CCCO1. The highest BCUT2D eigenvalue weighted by atomic mass is 35.5. The number of rotatable bonds is 7. The lowest BCUT2D eigenvalue weighted by atomic mass is 10.2. The zero-order valence-electron chi connectivity index (χ0n) is 16.8. The van der Waals surface area contributed by atoms with E-state index >= 15 is 0 Å². The third kappa shape index (κ3) is 4.88. The highest BCUT2D eigenvalue weighted by Gasteiger charge is 2.25. The maximum Gasteiger partial charge on any atom is 0.237 e. The molecule has 1 aliphatic heterocycles. The van der Waals surface area contributed by atoms with Gasteiger partial charge in [-0.25, -0.2) is 0 Å². The maximum absolute atomic E-state index is 12.8. The topological polar surface area (TPSA) is 69.0 Å². The minimum atomic E-state index is -0.355. The van der Waals surface area contributed by atoms with Crippen LogP contribution in [-0.2, 0) is 16.1 Å². The molecule has 0 radical (unpaired) electrons. The lowest BCUT2D eigenvalue weighted by Gasteiger charge is -2.16. The third-order valence-electron chi connectivity index (χ3n) is 4.98. The molecule has 1 aromatic carbocycles. The molecule has 0 saturated carbocycles. The molecule has 0 aliphatic carbocycles. The van der Waals surface area contributed by atoms with Crippen molar-refractivity contribution in [2.45, 2.75) is 49.7 Å². The van der Waals surface area contributed by atoms with E-state index in [1.807, 2.05) is 43.5 Å². The van der Waals surface area contributed by atoms with Crippen molar-refractivity contribution in [1.82, 2.24) is 14.8 Å². The van der Waals surface area contributed by atoms with Gasteiger partial charge in [-0.1, -0.05) is 35.5 Å². The van der Waals surface area contributed by atoms with Gasteiger partial charge >= 0.3 is 0 Å². The number of hydrogen-bond donors (Lipinski definition) is 1. The van der Waals surface area contributed by atoms with Crippen molar-refractivity contribution in [2.24, 2.45) is 0 Å². The van der Waals surface area contributed by atoms with Crippen LogP contribution in [0.3, 0.4) is 0 Å². The minimum absolute atomic E-state index is 0.102. The Morgan fingerprint density at radius 3 is 3.03 bits per heavy atom. The molecule has 3 heterocycles. The molecule has 4 rings (SSSR count). The first-order valence-corrected chi connectivity index (χ1v) is 12.0. The van der Waals surface area contributed by atoms with E-state index in [0.717, 1.165) is 46.6 Å². The summed E-state index contributed by atoms with van der Waals surface area (Å²) >= 11 is 9.10. The molecule has 2 atom stereocenters. The van der Waals surface area contributed by atoms with Crippen LogP contribution in [0.2, 0.25) is 5.02 Å². The van der Waals surface area contributed by atoms with Gasteiger partial charge in [0, 0.05) is 17.3 Å². The molecule has 3 aromatic rings. The van der Waals surface area contributed by atoms with Gasteiger partial charge in [-0.05, 0) is 55.8 Å². The Morgan fingerprint density at radius 2 is 2.30 bits per heavy atom. The number of halogens is 1. The summed E-state index contributed by atoms with van der Waals surface area (Å²) in [6.45, 7) is 5.29. The summed E-state index contributed by atoms with van der Waals surface area (Å²) in [6, 6.07) is 9.50. The molecule has 9 heteroatoms. The monoisotopic (exact) mass is 462 g/mol. The minimum Gasteiger partial charge on any atom is -0.376 e. The van der Waals surface area contributed by atoms with Crippen LogP contribution in [0.5, 0.6) is 0 Å². The van der Waals surface area contributed by atoms with Crippen LogP contribution in [0, 0.1) is 6.92 Å². The second-order valence-electron chi connectivity index (χ2n) is 7.24. The van der Waals surface area contributed by atoms with E-state index in [1.165, 1.54) is 11.8 Å². The number of benzene rings is 1. The van der Waals surface area contributed by atoms with Gasteiger partial charge in [0.2, 0.25) is 5.91 Å². The number of nitrogens with one attached hydrogen (secondary N) is 1. The van der Waals surface area contributed by atoms with Crippen LogP contribution >= 0.6 is 34.7 Å². The summed E-state index contributed by atoms with van der Waals surface area (Å²) < 4.78 is 7.92. The summed E-state index contributed by atoms with van der Waals surface area (Å²) in [4.78, 5) is 13.9. The Morgan fingerprint density at radius 1 is 1.43 bits per heavy atom. The number of amides is 1. The molecule has 2 unspecified atom stereocenters. The Balaban J connectivity index is 1.52. The van der Waals surface area contributed by atoms with Crippen LogP contribution in [0.15, 0.2) is 40.9 Å². The number of carbonyl (C=O) groups excluding carboxylic acids is 1. The van der Waals surface area contributed by atoms with E-state index < -0.39 is 0 Å². The average Bonchev–Trinajstić information content (AvgIpc) is 3.48. The van der Waals surface area contributed by atoms with Crippen LogP contribution in [0.1, 0.15) is 25.3 Å². The van der Waals surface area contributed by atoms with Crippen molar-refractivity contribution < 1.29 is 9.53 Å². The van der Waals surface area contributed by atoms with E-state index in [2.05, 4.69) is 20.1 Å². The number of ether oxygens (including phenoxy) is 1. The van der Waals surface area contributed by atoms with Crippen LogP contribution < -0.4 is 5.32 Å². The lowest BCUT2D eigenvalue weighted by Crippen LogP contribution is -2.24. The van der Waals surface area contributed by atoms with Gasteiger partial charge in [-0.3, -0.25) is 9.36 Å². The molecule has 0 bridgehead atoms. The number of carbonyl (C=O) groups is 1. The molecular formula is C21H23ClN4O2S2. The molecule has 1 aliphatic rings. The van der Waals surface area contributed by atoms with Crippen molar-refractivity contribution in [1.29, 1.82) is 0 Å². The van der Waals surface area contributed by atoms with Crippen molar-refractivity contribution >= 4 is 46.3 Å². The molecule has 0 spiro atoms. The van der Waals surface area contributed by atoms with E-state index in [0.29, 0.717) is 11.6 Å². The predicted octanol–water partition coefficient (Wildman–Crippen LogP) is 5.27. The standard InChI is InChI=1S/C21H23ClN4O2S2/c1-13-7-8-15(22)11-17(13)23-20(27)14(2)30-21-25-24-19(18-6-4-10-29-18)26(21)12-16-5-3-9-28-16/h4,6-8,10-11,14,16H,3,5,9,12H2,1-2H3,(H,23,27). The van der Waals surface area contributed by atoms with Crippen molar-refractivity contribution in [3.8, 4) is 10.7 Å². The number of aryl methyl sites for hydroxylation is 1. The van der Waals surface area contributed by atoms with Crippen molar-refractivity contribution in [2.75, 3.05) is 11.9 Å². The van der Waals surface area contributed by atoms with E-state index in [1.54, 1.807) is 17.4 Å². The number of nitrogens with zero attached hydrogens (tertiary/aromatic N) is 3. The molecule has 1 N–H and O–H groups in total. The molecule has 158 valence electrons. The predicted molar refractivity (Wildman–Crippen MR) is 122 cm³/mol. The normalized spacial score (nSPS) is 17.2. The zero-order chi connectivity index (χ0) is 21.1. The summed E-state index contributed by atoms with van der Waals surface area (Å²) in [5, 5.41) is 14.8. The number of thiophene rings is 1. The highest BCUT2D eigenvalue weighted by Crippen LogP contribution is 2.31. The van der Waals surface area contributed by atoms with Crippen LogP contribution in [0.25, 0.3) is 10.7 Å². The Bertz CT molecular complexity index is 1020. The molecule has 1 amide bonds. The van der Waals surface area contributed by atoms with Gasteiger partial charge in [0.05, 0.1) is 22.8 Å². The van der Waals surface area contributed by atoms with Crippen LogP contribution in [0.4, 0.5) is 5.69 Å². The smallest absolute Gasteiger partial charge is 0.237 e. The fraction of sp³-hybridized carbons (Fsp3) is 0.381. The van der Waals surface area contributed by atoms with Crippen LogP contribution in [-0.4, -0.2) is 38.6 Å². The zero-order valence-corrected chi connectivity index (χ0v) is 19.2. The number of anilines is 1. The lowest BCUT2D eigenvalue weighted by molar-refractivity contribution is -0.115. The maximum atomic E-state index is 12.8. The van der Waals surface area contributed by atoms with Gasteiger partial charge in [0.1, 0.15) is 0 Å².